The second-order valence-corrected chi connectivity index (χ2v) is 10.3. The molecule has 0 saturated carbocycles. The molecular formula is C25H25FN8O3S. The van der Waals surface area contributed by atoms with Crippen molar-refractivity contribution in [2.45, 2.75) is 37.7 Å². The van der Waals surface area contributed by atoms with E-state index in [0.29, 0.717) is 29.2 Å². The minimum Gasteiger partial charge on any atom is -0.394 e. The minimum atomic E-state index is -1.05. The number of aliphatic hydroxyl groups excluding tert-OH is 2. The van der Waals surface area contributed by atoms with E-state index in [0.717, 1.165) is 20.9 Å². The number of ether oxygens (including phenoxy) is 1. The summed E-state index contributed by atoms with van der Waals surface area (Å²) in [5, 5.41) is 37.6. The van der Waals surface area contributed by atoms with Gasteiger partial charge in [0.1, 0.15) is 36.2 Å². The average molecular weight is 537 g/mol. The maximum absolute atomic E-state index is 14.3. The monoisotopic (exact) mass is 536 g/mol. The summed E-state index contributed by atoms with van der Waals surface area (Å²) >= 11 is 1.59. The van der Waals surface area contributed by atoms with Crippen molar-refractivity contribution in [3.05, 3.63) is 65.6 Å². The molecule has 0 radical (unpaired) electrons. The molecule has 3 N–H and O–H groups in total. The van der Waals surface area contributed by atoms with Gasteiger partial charge in [0.25, 0.3) is 0 Å². The van der Waals surface area contributed by atoms with Gasteiger partial charge >= 0.3 is 0 Å². The number of nitrogens with zero attached hydrogens (tertiary/aromatic N) is 7. The lowest BCUT2D eigenvalue weighted by Gasteiger charge is -2.38. The van der Waals surface area contributed by atoms with E-state index in [9.17, 15) is 14.6 Å². The topological polar surface area (TPSA) is 136 Å². The summed E-state index contributed by atoms with van der Waals surface area (Å²) in [6, 6.07) is 10.0. The Kier molecular flexibility index (Phi) is 6.35. The standard InChI is InChI=1S/C25H25FN8O3S/c1-13-30-18-6-4-15(8-23(18)38-13)34-25(28-12-29-34)21-9-20(24(36)22(11-35)37-21)33-10-19(31-32-33)14-3-5-17(27-2)16(26)7-14/h3-8,10,12,20-22,24,27,35-36H,9,11H2,1-2H3/t20-,21-,22-,24-/m1/s1. The van der Waals surface area contributed by atoms with Crippen LogP contribution in [0.5, 0.6) is 0 Å². The van der Waals surface area contributed by atoms with Crippen molar-refractivity contribution < 1.29 is 19.3 Å². The highest BCUT2D eigenvalue weighted by Gasteiger charge is 2.41. The van der Waals surface area contributed by atoms with E-state index in [4.69, 9.17) is 4.74 Å². The number of hydrogen-bond donors (Lipinski definition) is 3. The molecule has 0 bridgehead atoms. The van der Waals surface area contributed by atoms with Gasteiger partial charge in [0.2, 0.25) is 0 Å². The van der Waals surface area contributed by atoms with E-state index in [-0.39, 0.29) is 0 Å². The number of fused-ring (bicyclic) bond motifs is 1. The molecule has 0 unspecified atom stereocenters. The third kappa shape index (κ3) is 4.32. The number of nitrogens with one attached hydrogen (secondary N) is 1. The number of anilines is 1. The lowest BCUT2D eigenvalue weighted by molar-refractivity contribution is -0.161. The van der Waals surface area contributed by atoms with Crippen LogP contribution < -0.4 is 5.32 Å². The lowest BCUT2D eigenvalue weighted by atomic mass is 9.95. The second-order valence-electron chi connectivity index (χ2n) is 9.08. The Morgan fingerprint density at radius 2 is 2.11 bits per heavy atom. The van der Waals surface area contributed by atoms with Gasteiger partial charge in [-0.25, -0.2) is 23.7 Å². The quantitative estimate of drug-likeness (QED) is 0.299. The number of rotatable bonds is 6. The van der Waals surface area contributed by atoms with Crippen LogP contribution in [0.3, 0.4) is 0 Å². The van der Waals surface area contributed by atoms with Crippen molar-refractivity contribution in [1.82, 2.24) is 34.7 Å². The Hall–Kier alpha value is -3.78. The SMILES string of the molecule is CNc1ccc(-c2cn([C@@H]3C[C@H](c4ncnn4-c4ccc5nc(C)sc5c4)O[C@H](CO)[C@@H]3O)nn2)cc1F. The zero-order valence-corrected chi connectivity index (χ0v) is 21.4. The summed E-state index contributed by atoms with van der Waals surface area (Å²) in [5.74, 6) is 0.128. The van der Waals surface area contributed by atoms with Crippen LogP contribution in [0.2, 0.25) is 0 Å². The van der Waals surface area contributed by atoms with Gasteiger partial charge in [0.05, 0.1) is 45.4 Å². The minimum absolute atomic E-state index is 0.300. The molecular weight excluding hydrogens is 511 g/mol. The van der Waals surface area contributed by atoms with Crippen LogP contribution in [-0.2, 0) is 4.74 Å². The first-order valence-electron chi connectivity index (χ1n) is 12.1. The Morgan fingerprint density at radius 1 is 1.24 bits per heavy atom. The van der Waals surface area contributed by atoms with Crippen LogP contribution in [0.1, 0.15) is 29.4 Å². The molecule has 0 amide bonds. The van der Waals surface area contributed by atoms with E-state index in [1.54, 1.807) is 41.4 Å². The summed E-state index contributed by atoms with van der Waals surface area (Å²) < 4.78 is 24.7. The number of aromatic nitrogens is 7. The normalized spacial score (nSPS) is 21.7. The number of hydrogen-bond acceptors (Lipinski definition) is 10. The Labute approximate surface area is 220 Å². The highest BCUT2D eigenvalue weighted by atomic mass is 32.1. The van der Waals surface area contributed by atoms with Crippen LogP contribution >= 0.6 is 11.3 Å². The summed E-state index contributed by atoms with van der Waals surface area (Å²) in [6.45, 7) is 1.57. The van der Waals surface area contributed by atoms with E-state index in [1.165, 1.54) is 17.1 Å². The maximum atomic E-state index is 14.3. The van der Waals surface area contributed by atoms with E-state index < -0.39 is 36.8 Å². The van der Waals surface area contributed by atoms with Crippen LogP contribution in [0.25, 0.3) is 27.2 Å². The van der Waals surface area contributed by atoms with Gasteiger partial charge in [-0.2, -0.15) is 5.10 Å². The number of benzene rings is 2. The van der Waals surface area contributed by atoms with Crippen LogP contribution in [-0.4, -0.2) is 70.8 Å². The molecule has 3 aromatic heterocycles. The predicted molar refractivity (Wildman–Crippen MR) is 139 cm³/mol. The first-order valence-corrected chi connectivity index (χ1v) is 12.9. The van der Waals surface area contributed by atoms with Crippen molar-refractivity contribution >= 4 is 27.2 Å². The van der Waals surface area contributed by atoms with Gasteiger partial charge in [-0.3, -0.25) is 0 Å². The van der Waals surface area contributed by atoms with Crippen LogP contribution in [0.4, 0.5) is 10.1 Å². The van der Waals surface area contributed by atoms with Gasteiger partial charge < -0.3 is 20.3 Å². The molecule has 1 fully saturated rings. The molecule has 4 atom stereocenters. The lowest BCUT2D eigenvalue weighted by Crippen LogP contribution is -2.45. The molecule has 13 heteroatoms. The van der Waals surface area contributed by atoms with Gasteiger partial charge in [0.15, 0.2) is 5.82 Å². The fourth-order valence-corrected chi connectivity index (χ4v) is 5.67. The zero-order chi connectivity index (χ0) is 26.4. The summed E-state index contributed by atoms with van der Waals surface area (Å²) in [5.41, 5.74) is 3.11. The van der Waals surface area contributed by atoms with Crippen LogP contribution in [0, 0.1) is 12.7 Å². The number of aryl methyl sites for hydroxylation is 1. The predicted octanol–water partition coefficient (Wildman–Crippen LogP) is 3.05. The first-order chi connectivity index (χ1) is 18.4. The highest BCUT2D eigenvalue weighted by molar-refractivity contribution is 7.18. The average Bonchev–Trinajstić information content (AvgIpc) is 3.67. The van der Waals surface area contributed by atoms with Crippen molar-refractivity contribution in [2.75, 3.05) is 19.0 Å². The fourth-order valence-electron chi connectivity index (χ4n) is 4.81. The first kappa shape index (κ1) is 24.6. The largest absolute Gasteiger partial charge is 0.394 e. The maximum Gasteiger partial charge on any atom is 0.161 e. The zero-order valence-electron chi connectivity index (χ0n) is 20.6. The highest BCUT2D eigenvalue weighted by Crippen LogP contribution is 2.38. The van der Waals surface area contributed by atoms with E-state index in [2.05, 4.69) is 30.7 Å². The fraction of sp³-hybridized carbons (Fsp3) is 0.320. The molecule has 1 aliphatic rings. The van der Waals surface area contributed by atoms with Crippen molar-refractivity contribution in [2.24, 2.45) is 0 Å². The Morgan fingerprint density at radius 3 is 2.89 bits per heavy atom. The molecule has 1 aliphatic heterocycles. The van der Waals surface area contributed by atoms with E-state index in [1.807, 2.05) is 25.1 Å². The summed E-state index contributed by atoms with van der Waals surface area (Å²) in [6.07, 6.45) is 0.878. The van der Waals surface area contributed by atoms with Crippen molar-refractivity contribution in [3.63, 3.8) is 0 Å². The third-order valence-corrected chi connectivity index (χ3v) is 7.65. The van der Waals surface area contributed by atoms with Gasteiger partial charge in [-0.1, -0.05) is 11.3 Å². The van der Waals surface area contributed by atoms with Crippen molar-refractivity contribution in [1.29, 1.82) is 0 Å². The van der Waals surface area contributed by atoms with Gasteiger partial charge in [-0.05, 0) is 37.3 Å². The van der Waals surface area contributed by atoms with Gasteiger partial charge in [-0.15, -0.1) is 16.4 Å². The molecule has 4 heterocycles. The molecule has 6 rings (SSSR count). The molecule has 11 nitrogen and oxygen atoms in total. The van der Waals surface area contributed by atoms with Gasteiger partial charge in [0, 0.05) is 19.0 Å². The molecule has 38 heavy (non-hydrogen) atoms. The number of thiazole rings is 1. The Balaban J connectivity index is 1.31. The summed E-state index contributed by atoms with van der Waals surface area (Å²) in [7, 11) is 1.65. The van der Waals surface area contributed by atoms with E-state index >= 15 is 0 Å². The molecule has 1 saturated heterocycles. The molecule has 5 aromatic rings. The molecule has 196 valence electrons. The summed E-state index contributed by atoms with van der Waals surface area (Å²) in [4.78, 5) is 8.97. The third-order valence-electron chi connectivity index (χ3n) is 6.72. The Bertz CT molecular complexity index is 1600. The van der Waals surface area contributed by atoms with Crippen LogP contribution in [0.15, 0.2) is 48.9 Å². The number of aliphatic hydroxyl groups is 2. The molecule has 0 aliphatic carbocycles. The second kappa shape index (κ2) is 9.83. The smallest absolute Gasteiger partial charge is 0.161 e. The molecule has 0 spiro atoms. The number of halogens is 1. The van der Waals surface area contributed by atoms with Crippen molar-refractivity contribution in [3.8, 4) is 16.9 Å². The molecule has 2 aromatic carbocycles.